The molecule has 108 valence electrons. The van der Waals surface area contributed by atoms with Crippen molar-refractivity contribution in [2.45, 2.75) is 0 Å². The van der Waals surface area contributed by atoms with Crippen molar-refractivity contribution in [2.75, 3.05) is 0 Å². The van der Waals surface area contributed by atoms with Crippen LogP contribution in [0.15, 0.2) is 72.8 Å². The van der Waals surface area contributed by atoms with Crippen LogP contribution in [-0.4, -0.2) is 5.78 Å². The number of halogens is 2. The molecule has 0 heterocycles. The van der Waals surface area contributed by atoms with E-state index in [0.717, 1.165) is 11.1 Å². The molecule has 0 bridgehead atoms. The zero-order valence-corrected chi connectivity index (χ0v) is 12.3. The smallest absolute Gasteiger partial charge is 0.196 e. The summed E-state index contributed by atoms with van der Waals surface area (Å²) < 4.78 is 13.8. The number of carbonyl (C=O) groups is 1. The Morgan fingerprint density at radius 3 is 2.14 bits per heavy atom. The van der Waals surface area contributed by atoms with E-state index >= 15 is 0 Å². The third-order valence-electron chi connectivity index (χ3n) is 3.43. The van der Waals surface area contributed by atoms with Gasteiger partial charge in [0.25, 0.3) is 0 Å². The topological polar surface area (TPSA) is 17.1 Å². The minimum absolute atomic E-state index is 0.0139. The number of rotatable bonds is 3. The van der Waals surface area contributed by atoms with Crippen LogP contribution in [-0.2, 0) is 0 Å². The summed E-state index contributed by atoms with van der Waals surface area (Å²) in [6, 6.07) is 20.9. The second-order valence-electron chi connectivity index (χ2n) is 4.90. The van der Waals surface area contributed by atoms with Gasteiger partial charge in [0.2, 0.25) is 0 Å². The van der Waals surface area contributed by atoms with Crippen LogP contribution in [0.4, 0.5) is 4.39 Å². The van der Waals surface area contributed by atoms with Gasteiger partial charge in [0, 0.05) is 10.6 Å². The van der Waals surface area contributed by atoms with E-state index < -0.39 is 5.82 Å². The van der Waals surface area contributed by atoms with Crippen LogP contribution < -0.4 is 0 Å². The van der Waals surface area contributed by atoms with Gasteiger partial charge in [-0.15, -0.1) is 0 Å². The largest absolute Gasteiger partial charge is 0.288 e. The molecule has 1 nitrogen and oxygen atoms in total. The molecule has 0 aromatic heterocycles. The molecule has 0 aliphatic carbocycles. The third kappa shape index (κ3) is 2.92. The van der Waals surface area contributed by atoms with Gasteiger partial charge in [-0.25, -0.2) is 4.39 Å². The Morgan fingerprint density at radius 2 is 1.45 bits per heavy atom. The first-order valence-corrected chi connectivity index (χ1v) is 7.18. The number of hydrogen-bond acceptors (Lipinski definition) is 1. The number of carbonyl (C=O) groups excluding carboxylic acids is 1. The van der Waals surface area contributed by atoms with E-state index in [1.54, 1.807) is 12.1 Å². The van der Waals surface area contributed by atoms with Crippen LogP contribution in [0.3, 0.4) is 0 Å². The minimum Gasteiger partial charge on any atom is -0.288 e. The van der Waals surface area contributed by atoms with Gasteiger partial charge in [-0.1, -0.05) is 66.2 Å². The van der Waals surface area contributed by atoms with Crippen LogP contribution in [0.1, 0.15) is 15.9 Å². The first-order chi connectivity index (χ1) is 10.6. The van der Waals surface area contributed by atoms with Crippen LogP contribution in [0.25, 0.3) is 11.1 Å². The summed E-state index contributed by atoms with van der Waals surface area (Å²) in [6.07, 6.45) is 0. The van der Waals surface area contributed by atoms with Crippen molar-refractivity contribution < 1.29 is 9.18 Å². The summed E-state index contributed by atoms with van der Waals surface area (Å²) in [7, 11) is 0. The van der Waals surface area contributed by atoms with Gasteiger partial charge in [-0.2, -0.15) is 0 Å². The van der Waals surface area contributed by atoms with Crippen molar-refractivity contribution in [3.63, 3.8) is 0 Å². The lowest BCUT2D eigenvalue weighted by Crippen LogP contribution is -2.04. The molecule has 0 saturated heterocycles. The first-order valence-electron chi connectivity index (χ1n) is 6.80. The minimum atomic E-state index is -0.568. The molecule has 0 aliphatic heterocycles. The molecule has 3 aromatic carbocycles. The molecular formula is C19H12ClFO. The van der Waals surface area contributed by atoms with Crippen LogP contribution in [0.5, 0.6) is 0 Å². The van der Waals surface area contributed by atoms with Gasteiger partial charge in [0.1, 0.15) is 5.82 Å². The van der Waals surface area contributed by atoms with E-state index in [9.17, 15) is 9.18 Å². The summed E-state index contributed by atoms with van der Waals surface area (Å²) in [5.41, 5.74) is 2.49. The lowest BCUT2D eigenvalue weighted by molar-refractivity contribution is 0.103. The SMILES string of the molecule is O=C(c1ccc(-c2ccccc2)cc1)c1cc(Cl)ccc1F. The summed E-state index contributed by atoms with van der Waals surface area (Å²) >= 11 is 5.83. The van der Waals surface area contributed by atoms with Crippen molar-refractivity contribution in [1.29, 1.82) is 0 Å². The molecule has 3 heteroatoms. The predicted molar refractivity (Wildman–Crippen MR) is 86.7 cm³/mol. The summed E-state index contributed by atoms with van der Waals surface area (Å²) in [6.45, 7) is 0. The van der Waals surface area contributed by atoms with Crippen LogP contribution in [0, 0.1) is 5.82 Å². The summed E-state index contributed by atoms with van der Waals surface area (Å²) in [4.78, 5) is 12.4. The summed E-state index contributed by atoms with van der Waals surface area (Å²) in [5.74, 6) is -0.943. The Kier molecular flexibility index (Phi) is 4.03. The Bertz CT molecular complexity index is 811. The van der Waals surface area contributed by atoms with Gasteiger partial charge in [0.05, 0.1) is 5.56 Å². The first kappa shape index (κ1) is 14.5. The molecule has 0 spiro atoms. The van der Waals surface area contributed by atoms with E-state index in [1.165, 1.54) is 18.2 Å². The zero-order chi connectivity index (χ0) is 15.5. The van der Waals surface area contributed by atoms with Gasteiger partial charge < -0.3 is 0 Å². The van der Waals surface area contributed by atoms with E-state index in [4.69, 9.17) is 11.6 Å². The van der Waals surface area contributed by atoms with Gasteiger partial charge >= 0.3 is 0 Å². The molecule has 3 aromatic rings. The van der Waals surface area contributed by atoms with Crippen molar-refractivity contribution in [2.24, 2.45) is 0 Å². The number of benzene rings is 3. The number of ketones is 1. The second kappa shape index (κ2) is 6.12. The Morgan fingerprint density at radius 1 is 0.818 bits per heavy atom. The van der Waals surface area contributed by atoms with E-state index in [-0.39, 0.29) is 11.3 Å². The van der Waals surface area contributed by atoms with E-state index in [2.05, 4.69) is 0 Å². The standard InChI is InChI=1S/C19H12ClFO/c20-16-10-11-18(21)17(12-16)19(22)15-8-6-14(7-9-15)13-4-2-1-3-5-13/h1-12H. The lowest BCUT2D eigenvalue weighted by atomic mass is 9.99. The molecule has 0 amide bonds. The molecular weight excluding hydrogens is 299 g/mol. The molecule has 0 saturated carbocycles. The Hall–Kier alpha value is -2.45. The van der Waals surface area contributed by atoms with Gasteiger partial charge in [0.15, 0.2) is 5.78 Å². The maximum absolute atomic E-state index is 13.8. The van der Waals surface area contributed by atoms with Crippen molar-refractivity contribution in [1.82, 2.24) is 0 Å². The quantitative estimate of drug-likeness (QED) is 0.594. The number of hydrogen-bond donors (Lipinski definition) is 0. The highest BCUT2D eigenvalue weighted by molar-refractivity contribution is 6.31. The molecule has 0 atom stereocenters. The van der Waals surface area contributed by atoms with Gasteiger partial charge in [-0.3, -0.25) is 4.79 Å². The highest BCUT2D eigenvalue weighted by atomic mass is 35.5. The fourth-order valence-electron chi connectivity index (χ4n) is 2.27. The monoisotopic (exact) mass is 310 g/mol. The van der Waals surface area contributed by atoms with Crippen LogP contribution in [0.2, 0.25) is 5.02 Å². The molecule has 3 rings (SSSR count). The summed E-state index contributed by atoms with van der Waals surface area (Å²) in [5, 5.41) is 0.339. The highest BCUT2D eigenvalue weighted by Gasteiger charge is 2.14. The second-order valence-corrected chi connectivity index (χ2v) is 5.33. The van der Waals surface area contributed by atoms with Crippen LogP contribution >= 0.6 is 11.6 Å². The Balaban J connectivity index is 1.93. The lowest BCUT2D eigenvalue weighted by Gasteiger charge is -2.05. The predicted octanol–water partition coefficient (Wildman–Crippen LogP) is 5.38. The molecule has 0 fully saturated rings. The maximum atomic E-state index is 13.8. The average Bonchev–Trinajstić information content (AvgIpc) is 2.57. The molecule has 0 N–H and O–H groups in total. The zero-order valence-electron chi connectivity index (χ0n) is 11.6. The van der Waals surface area contributed by atoms with Gasteiger partial charge in [-0.05, 0) is 29.3 Å². The molecule has 0 unspecified atom stereocenters. The fourth-order valence-corrected chi connectivity index (χ4v) is 2.44. The highest BCUT2D eigenvalue weighted by Crippen LogP contribution is 2.22. The Labute approximate surface area is 133 Å². The van der Waals surface area contributed by atoms with Crippen molar-refractivity contribution in [3.05, 3.63) is 94.8 Å². The third-order valence-corrected chi connectivity index (χ3v) is 3.66. The maximum Gasteiger partial charge on any atom is 0.196 e. The molecule has 22 heavy (non-hydrogen) atoms. The van der Waals surface area contributed by atoms with E-state index in [1.807, 2.05) is 42.5 Å². The molecule has 0 radical (unpaired) electrons. The van der Waals surface area contributed by atoms with Crippen molar-refractivity contribution in [3.8, 4) is 11.1 Å². The average molecular weight is 311 g/mol. The molecule has 0 aliphatic rings. The fraction of sp³-hybridized carbons (Fsp3) is 0. The van der Waals surface area contributed by atoms with Crippen molar-refractivity contribution >= 4 is 17.4 Å². The van der Waals surface area contributed by atoms with E-state index in [0.29, 0.717) is 10.6 Å². The normalized spacial score (nSPS) is 10.5.